The van der Waals surface area contributed by atoms with Crippen molar-refractivity contribution in [3.63, 3.8) is 0 Å². The average Bonchev–Trinajstić information content (AvgIpc) is 2.52. The van der Waals surface area contributed by atoms with Gasteiger partial charge in [-0.2, -0.15) is 0 Å². The van der Waals surface area contributed by atoms with Crippen molar-refractivity contribution >= 4 is 11.8 Å². The van der Waals surface area contributed by atoms with Crippen molar-refractivity contribution in [1.82, 2.24) is 15.2 Å². The Balaban J connectivity index is 2.40. The summed E-state index contributed by atoms with van der Waals surface area (Å²) in [6.07, 6.45) is 4.61. The highest BCUT2D eigenvalue weighted by Gasteiger charge is 2.48. The van der Waals surface area contributed by atoms with Gasteiger partial charge < -0.3 is 10.2 Å². The molecule has 5 nitrogen and oxygen atoms in total. The van der Waals surface area contributed by atoms with Gasteiger partial charge in [-0.05, 0) is 44.4 Å². The Morgan fingerprint density at radius 2 is 1.86 bits per heavy atom. The topological polar surface area (TPSA) is 62.3 Å². The molecule has 1 saturated heterocycles. The maximum absolute atomic E-state index is 13.0. The van der Waals surface area contributed by atoms with E-state index in [9.17, 15) is 9.59 Å². The van der Waals surface area contributed by atoms with E-state index >= 15 is 0 Å². The normalized spacial score (nSPS) is 22.9. The van der Waals surface area contributed by atoms with E-state index in [-0.39, 0.29) is 17.9 Å². The summed E-state index contributed by atoms with van der Waals surface area (Å²) >= 11 is 0. The number of hydrogen-bond donors (Lipinski definition) is 1. The number of rotatable bonds is 4. The Hall–Kier alpha value is -1.91. The zero-order valence-corrected chi connectivity index (χ0v) is 13.1. The summed E-state index contributed by atoms with van der Waals surface area (Å²) in [6.45, 7) is 7.61. The molecule has 1 aliphatic heterocycles. The molecule has 1 aromatic heterocycles. The van der Waals surface area contributed by atoms with Crippen LogP contribution in [0.15, 0.2) is 24.5 Å². The van der Waals surface area contributed by atoms with Crippen molar-refractivity contribution in [1.29, 1.82) is 0 Å². The Morgan fingerprint density at radius 3 is 2.38 bits per heavy atom. The van der Waals surface area contributed by atoms with Gasteiger partial charge in [0.15, 0.2) is 0 Å². The van der Waals surface area contributed by atoms with Crippen LogP contribution in [0.25, 0.3) is 0 Å². The molecule has 0 bridgehead atoms. The van der Waals surface area contributed by atoms with E-state index in [1.165, 1.54) is 0 Å². The first kappa shape index (κ1) is 15.5. The monoisotopic (exact) mass is 289 g/mol. The fraction of sp³-hybridized carbons (Fsp3) is 0.562. The molecule has 0 radical (unpaired) electrons. The van der Waals surface area contributed by atoms with Crippen LogP contribution in [0.4, 0.5) is 0 Å². The highest BCUT2D eigenvalue weighted by Crippen LogP contribution is 2.31. The van der Waals surface area contributed by atoms with Crippen LogP contribution in [0.5, 0.6) is 0 Å². The number of nitrogens with zero attached hydrogens (tertiary/aromatic N) is 2. The lowest BCUT2D eigenvalue weighted by atomic mass is 9.86. The predicted molar refractivity (Wildman–Crippen MR) is 80.4 cm³/mol. The fourth-order valence-corrected chi connectivity index (χ4v) is 2.99. The third kappa shape index (κ3) is 2.52. The van der Waals surface area contributed by atoms with Crippen molar-refractivity contribution in [2.24, 2.45) is 0 Å². The summed E-state index contributed by atoms with van der Waals surface area (Å²) in [4.78, 5) is 31.0. The molecular formula is C16H23N3O2. The number of hydrogen-bond acceptors (Lipinski definition) is 3. The van der Waals surface area contributed by atoms with Gasteiger partial charge in [0.1, 0.15) is 11.6 Å². The number of carbonyl (C=O) groups is 2. The minimum absolute atomic E-state index is 0.00362. The predicted octanol–water partition coefficient (Wildman–Crippen LogP) is 2.05. The molecule has 21 heavy (non-hydrogen) atoms. The standard InChI is InChI=1S/C16H23N3O2/c1-5-16(6-2)15(21)19(12(4)14(20)18-16)11(3)13-7-9-17-10-8-13/h7-12H,5-6H2,1-4H3,(H,18,20). The summed E-state index contributed by atoms with van der Waals surface area (Å²) in [5.74, 6) is -0.0804. The summed E-state index contributed by atoms with van der Waals surface area (Å²) in [6, 6.07) is 3.15. The highest BCUT2D eigenvalue weighted by atomic mass is 16.2. The molecule has 2 heterocycles. The molecule has 2 atom stereocenters. The van der Waals surface area contributed by atoms with E-state index in [1.54, 1.807) is 24.2 Å². The maximum Gasteiger partial charge on any atom is 0.249 e. The third-order valence-electron chi connectivity index (χ3n) is 4.62. The van der Waals surface area contributed by atoms with Gasteiger partial charge in [-0.15, -0.1) is 0 Å². The second kappa shape index (κ2) is 5.84. The second-order valence-corrected chi connectivity index (χ2v) is 5.62. The first-order valence-electron chi connectivity index (χ1n) is 7.51. The van der Waals surface area contributed by atoms with Crippen LogP contribution in [0, 0.1) is 0 Å². The minimum atomic E-state index is -0.773. The van der Waals surface area contributed by atoms with E-state index in [2.05, 4.69) is 10.3 Å². The van der Waals surface area contributed by atoms with E-state index in [0.717, 1.165) is 5.56 Å². The molecule has 0 aromatic carbocycles. The molecule has 2 unspecified atom stereocenters. The molecule has 5 heteroatoms. The number of amides is 2. The van der Waals surface area contributed by atoms with Gasteiger partial charge in [0.2, 0.25) is 11.8 Å². The Labute approximate surface area is 125 Å². The van der Waals surface area contributed by atoms with Gasteiger partial charge in [0.05, 0.1) is 6.04 Å². The van der Waals surface area contributed by atoms with E-state index < -0.39 is 11.6 Å². The third-order valence-corrected chi connectivity index (χ3v) is 4.62. The van der Waals surface area contributed by atoms with Crippen molar-refractivity contribution in [3.8, 4) is 0 Å². The molecular weight excluding hydrogens is 266 g/mol. The quantitative estimate of drug-likeness (QED) is 0.922. The number of aromatic nitrogens is 1. The van der Waals surface area contributed by atoms with Crippen molar-refractivity contribution in [2.75, 3.05) is 0 Å². The molecule has 0 spiro atoms. The van der Waals surface area contributed by atoms with Crippen LogP contribution >= 0.6 is 0 Å². The molecule has 0 saturated carbocycles. The lowest BCUT2D eigenvalue weighted by Gasteiger charge is -2.47. The summed E-state index contributed by atoms with van der Waals surface area (Å²) in [5.41, 5.74) is 0.214. The molecule has 1 N–H and O–H groups in total. The average molecular weight is 289 g/mol. The smallest absolute Gasteiger partial charge is 0.249 e. The van der Waals surface area contributed by atoms with Gasteiger partial charge >= 0.3 is 0 Å². The molecule has 2 amide bonds. The SMILES string of the molecule is CCC1(CC)NC(=O)C(C)N(C(C)c2ccncc2)C1=O. The summed E-state index contributed by atoms with van der Waals surface area (Å²) < 4.78 is 0. The van der Waals surface area contributed by atoms with Gasteiger partial charge in [0.25, 0.3) is 0 Å². The molecule has 1 aromatic rings. The Bertz CT molecular complexity index is 526. The van der Waals surface area contributed by atoms with E-state index in [0.29, 0.717) is 12.8 Å². The van der Waals surface area contributed by atoms with Crippen molar-refractivity contribution < 1.29 is 9.59 Å². The molecule has 0 aliphatic carbocycles. The van der Waals surface area contributed by atoms with Gasteiger partial charge in [-0.3, -0.25) is 14.6 Å². The first-order valence-corrected chi connectivity index (χ1v) is 7.51. The van der Waals surface area contributed by atoms with Crippen LogP contribution in [0.2, 0.25) is 0 Å². The van der Waals surface area contributed by atoms with Crippen LogP contribution in [-0.4, -0.2) is 33.3 Å². The van der Waals surface area contributed by atoms with Gasteiger partial charge in [-0.25, -0.2) is 0 Å². The summed E-state index contributed by atoms with van der Waals surface area (Å²) in [5, 5.41) is 2.92. The zero-order chi connectivity index (χ0) is 15.6. The first-order chi connectivity index (χ1) is 9.96. The van der Waals surface area contributed by atoms with Crippen molar-refractivity contribution in [2.45, 2.75) is 58.2 Å². The van der Waals surface area contributed by atoms with E-state index in [1.807, 2.05) is 32.9 Å². The highest BCUT2D eigenvalue weighted by molar-refractivity contribution is 5.99. The lowest BCUT2D eigenvalue weighted by molar-refractivity contribution is -0.157. The number of piperazine rings is 1. The molecule has 114 valence electrons. The molecule has 2 rings (SSSR count). The molecule has 1 aliphatic rings. The Kier molecular flexibility index (Phi) is 4.30. The second-order valence-electron chi connectivity index (χ2n) is 5.62. The zero-order valence-electron chi connectivity index (χ0n) is 13.1. The van der Waals surface area contributed by atoms with Crippen LogP contribution in [0.1, 0.15) is 52.1 Å². The van der Waals surface area contributed by atoms with Gasteiger partial charge in [-0.1, -0.05) is 13.8 Å². The number of carbonyl (C=O) groups excluding carboxylic acids is 2. The van der Waals surface area contributed by atoms with E-state index in [4.69, 9.17) is 0 Å². The minimum Gasteiger partial charge on any atom is -0.340 e. The maximum atomic E-state index is 13.0. The van der Waals surface area contributed by atoms with Crippen LogP contribution in [-0.2, 0) is 9.59 Å². The Morgan fingerprint density at radius 1 is 1.29 bits per heavy atom. The number of pyridine rings is 1. The van der Waals surface area contributed by atoms with Crippen molar-refractivity contribution in [3.05, 3.63) is 30.1 Å². The molecule has 1 fully saturated rings. The summed E-state index contributed by atoms with van der Waals surface area (Å²) in [7, 11) is 0. The fourth-order valence-electron chi connectivity index (χ4n) is 2.99. The number of nitrogens with one attached hydrogen (secondary N) is 1. The largest absolute Gasteiger partial charge is 0.340 e. The van der Waals surface area contributed by atoms with Gasteiger partial charge in [0, 0.05) is 12.4 Å². The lowest BCUT2D eigenvalue weighted by Crippen LogP contribution is -2.69. The van der Waals surface area contributed by atoms with Crippen LogP contribution < -0.4 is 5.32 Å². The van der Waals surface area contributed by atoms with Crippen LogP contribution in [0.3, 0.4) is 0 Å².